The van der Waals surface area contributed by atoms with E-state index < -0.39 is 5.97 Å². The molecule has 0 saturated carbocycles. The van der Waals surface area contributed by atoms with Crippen LogP contribution in [0.15, 0.2) is 59.3 Å². The molecule has 2 aromatic rings. The summed E-state index contributed by atoms with van der Waals surface area (Å²) in [4.78, 5) is 27.2. The van der Waals surface area contributed by atoms with Crippen LogP contribution in [-0.2, 0) is 14.3 Å². The Morgan fingerprint density at radius 2 is 1.66 bits per heavy atom. The van der Waals surface area contributed by atoms with Crippen molar-refractivity contribution in [1.29, 1.82) is 0 Å². The largest absolute Gasteiger partial charge is 0.493 e. The summed E-state index contributed by atoms with van der Waals surface area (Å²) in [5.74, 6) is 0.0825. The standard InChI is InChI=1S/C22H20ClNO5/c1-13-20(22(26)29-4)17(11-14-5-7-15(23)8-6-14)21(25)24(13)16-9-10-18(27-2)19(12-16)28-3/h5-12H,1-4H3/b17-11-. The molecule has 0 saturated heterocycles. The van der Waals surface area contributed by atoms with Gasteiger partial charge in [0.25, 0.3) is 5.91 Å². The van der Waals surface area contributed by atoms with Gasteiger partial charge in [0, 0.05) is 16.8 Å². The molecular weight excluding hydrogens is 394 g/mol. The van der Waals surface area contributed by atoms with Crippen molar-refractivity contribution in [2.24, 2.45) is 0 Å². The number of anilines is 1. The molecule has 7 heteroatoms. The van der Waals surface area contributed by atoms with Crippen molar-refractivity contribution in [3.8, 4) is 11.5 Å². The summed E-state index contributed by atoms with van der Waals surface area (Å²) in [6, 6.07) is 12.1. The van der Waals surface area contributed by atoms with E-state index in [-0.39, 0.29) is 17.1 Å². The number of carbonyl (C=O) groups is 2. The first-order valence-corrected chi connectivity index (χ1v) is 9.12. The highest BCUT2D eigenvalue weighted by molar-refractivity contribution is 6.30. The fourth-order valence-corrected chi connectivity index (χ4v) is 3.31. The van der Waals surface area contributed by atoms with E-state index in [0.29, 0.717) is 27.9 Å². The van der Waals surface area contributed by atoms with Gasteiger partial charge in [0.05, 0.1) is 38.2 Å². The van der Waals surface area contributed by atoms with Gasteiger partial charge in [-0.2, -0.15) is 0 Å². The third kappa shape index (κ3) is 3.84. The van der Waals surface area contributed by atoms with Crippen LogP contribution < -0.4 is 14.4 Å². The smallest absolute Gasteiger partial charge is 0.340 e. The Labute approximate surface area is 173 Å². The predicted octanol–water partition coefficient (Wildman–Crippen LogP) is 4.23. The second-order valence-corrected chi connectivity index (χ2v) is 6.68. The zero-order chi connectivity index (χ0) is 21.1. The van der Waals surface area contributed by atoms with Crippen molar-refractivity contribution in [2.45, 2.75) is 6.92 Å². The van der Waals surface area contributed by atoms with Gasteiger partial charge in [-0.05, 0) is 42.8 Å². The van der Waals surface area contributed by atoms with Crippen molar-refractivity contribution in [1.82, 2.24) is 0 Å². The van der Waals surface area contributed by atoms with Crippen LogP contribution in [-0.4, -0.2) is 33.2 Å². The molecule has 0 aliphatic carbocycles. The van der Waals surface area contributed by atoms with Gasteiger partial charge in [-0.1, -0.05) is 23.7 Å². The Balaban J connectivity index is 2.13. The van der Waals surface area contributed by atoms with Gasteiger partial charge < -0.3 is 14.2 Å². The lowest BCUT2D eigenvalue weighted by molar-refractivity contribution is -0.136. The van der Waals surface area contributed by atoms with Crippen LogP contribution in [0, 0.1) is 0 Å². The van der Waals surface area contributed by atoms with Crippen LogP contribution >= 0.6 is 11.6 Å². The lowest BCUT2D eigenvalue weighted by atomic mass is 10.0. The van der Waals surface area contributed by atoms with Crippen molar-refractivity contribution < 1.29 is 23.8 Å². The minimum Gasteiger partial charge on any atom is -0.493 e. The van der Waals surface area contributed by atoms with Gasteiger partial charge in [0.1, 0.15) is 0 Å². The molecule has 1 aliphatic rings. The lowest BCUT2D eigenvalue weighted by Gasteiger charge is -2.19. The number of esters is 1. The van der Waals surface area contributed by atoms with Crippen molar-refractivity contribution >= 4 is 35.2 Å². The number of hydrogen-bond donors (Lipinski definition) is 0. The quantitative estimate of drug-likeness (QED) is 0.542. The van der Waals surface area contributed by atoms with Gasteiger partial charge in [-0.25, -0.2) is 4.79 Å². The fraction of sp³-hybridized carbons (Fsp3) is 0.182. The topological polar surface area (TPSA) is 65.1 Å². The minimum atomic E-state index is -0.584. The van der Waals surface area contributed by atoms with Crippen LogP contribution in [0.2, 0.25) is 5.02 Å². The van der Waals surface area contributed by atoms with E-state index >= 15 is 0 Å². The summed E-state index contributed by atoms with van der Waals surface area (Å²) in [6.45, 7) is 1.70. The Morgan fingerprint density at radius 1 is 1.00 bits per heavy atom. The van der Waals surface area contributed by atoms with Crippen LogP contribution in [0.5, 0.6) is 11.5 Å². The molecule has 0 N–H and O–H groups in total. The van der Waals surface area contributed by atoms with Crippen molar-refractivity contribution in [2.75, 3.05) is 26.2 Å². The Morgan fingerprint density at radius 3 is 2.24 bits per heavy atom. The van der Waals surface area contributed by atoms with Crippen LogP contribution in [0.1, 0.15) is 12.5 Å². The van der Waals surface area contributed by atoms with Gasteiger partial charge in [0.15, 0.2) is 11.5 Å². The maximum absolute atomic E-state index is 13.3. The van der Waals surface area contributed by atoms with E-state index in [2.05, 4.69) is 0 Å². The number of carbonyl (C=O) groups excluding carboxylic acids is 2. The molecule has 1 heterocycles. The normalized spacial score (nSPS) is 15.1. The number of allylic oxidation sites excluding steroid dienone is 1. The van der Waals surface area contributed by atoms with Gasteiger partial charge in [0.2, 0.25) is 0 Å². The number of methoxy groups -OCH3 is 3. The molecule has 0 spiro atoms. The third-order valence-corrected chi connectivity index (χ3v) is 4.85. The number of rotatable bonds is 5. The average molecular weight is 414 g/mol. The van der Waals surface area contributed by atoms with E-state index in [4.69, 9.17) is 25.8 Å². The summed E-state index contributed by atoms with van der Waals surface area (Å²) in [5, 5.41) is 0.580. The predicted molar refractivity (Wildman–Crippen MR) is 111 cm³/mol. The molecule has 0 aromatic heterocycles. The average Bonchev–Trinajstić information content (AvgIpc) is 2.98. The van der Waals surface area contributed by atoms with Crippen molar-refractivity contribution in [3.05, 3.63) is 69.9 Å². The highest BCUT2D eigenvalue weighted by atomic mass is 35.5. The third-order valence-electron chi connectivity index (χ3n) is 4.60. The minimum absolute atomic E-state index is 0.210. The molecule has 0 fully saturated rings. The Hall–Kier alpha value is -3.25. The number of nitrogens with zero attached hydrogens (tertiary/aromatic N) is 1. The second-order valence-electron chi connectivity index (χ2n) is 6.24. The molecule has 29 heavy (non-hydrogen) atoms. The molecule has 1 amide bonds. The van der Waals surface area contributed by atoms with Crippen molar-refractivity contribution in [3.63, 3.8) is 0 Å². The van der Waals surface area contributed by atoms with E-state index in [1.807, 2.05) is 0 Å². The molecular formula is C22H20ClNO5. The molecule has 0 bridgehead atoms. The molecule has 2 aromatic carbocycles. The fourth-order valence-electron chi connectivity index (χ4n) is 3.18. The monoisotopic (exact) mass is 413 g/mol. The number of ether oxygens (including phenoxy) is 3. The number of halogens is 1. The SMILES string of the molecule is COC(=O)C1=C(C)N(c2ccc(OC)c(OC)c2)C(=O)/C1=C\c1ccc(Cl)cc1. The first-order valence-electron chi connectivity index (χ1n) is 8.74. The number of benzene rings is 2. The summed E-state index contributed by atoms with van der Waals surface area (Å²) in [7, 11) is 4.33. The molecule has 0 radical (unpaired) electrons. The van der Waals surface area contributed by atoms with Gasteiger partial charge in [-0.3, -0.25) is 9.69 Å². The van der Waals surface area contributed by atoms with Gasteiger partial charge in [-0.15, -0.1) is 0 Å². The summed E-state index contributed by atoms with van der Waals surface area (Å²) < 4.78 is 15.5. The Kier molecular flexibility index (Phi) is 5.94. The van der Waals surface area contributed by atoms with Crippen LogP contribution in [0.3, 0.4) is 0 Å². The highest BCUT2D eigenvalue weighted by Gasteiger charge is 2.38. The Bertz CT molecular complexity index is 1020. The number of amides is 1. The maximum atomic E-state index is 13.3. The molecule has 0 unspecified atom stereocenters. The van der Waals surface area contributed by atoms with E-state index in [1.54, 1.807) is 55.5 Å². The lowest BCUT2D eigenvalue weighted by Crippen LogP contribution is -2.24. The molecule has 0 atom stereocenters. The first-order chi connectivity index (χ1) is 13.9. The van der Waals surface area contributed by atoms with E-state index in [9.17, 15) is 9.59 Å². The summed E-state index contributed by atoms with van der Waals surface area (Å²) in [6.07, 6.45) is 1.65. The molecule has 3 rings (SSSR count). The van der Waals surface area contributed by atoms with E-state index in [1.165, 1.54) is 26.2 Å². The van der Waals surface area contributed by atoms with Crippen LogP contribution in [0.4, 0.5) is 5.69 Å². The molecule has 6 nitrogen and oxygen atoms in total. The molecule has 150 valence electrons. The highest BCUT2D eigenvalue weighted by Crippen LogP contribution is 2.39. The zero-order valence-corrected chi connectivity index (χ0v) is 17.2. The number of hydrogen-bond acceptors (Lipinski definition) is 5. The summed E-state index contributed by atoms with van der Waals surface area (Å²) >= 11 is 5.94. The zero-order valence-electron chi connectivity index (χ0n) is 16.5. The second kappa shape index (κ2) is 8.41. The van der Waals surface area contributed by atoms with E-state index in [0.717, 1.165) is 5.56 Å². The molecule has 1 aliphatic heterocycles. The summed E-state index contributed by atoms with van der Waals surface area (Å²) in [5.41, 5.74) is 2.20. The van der Waals surface area contributed by atoms with Crippen LogP contribution in [0.25, 0.3) is 6.08 Å². The first kappa shape index (κ1) is 20.5. The van der Waals surface area contributed by atoms with Gasteiger partial charge >= 0.3 is 5.97 Å². The maximum Gasteiger partial charge on any atom is 0.340 e.